The van der Waals surface area contributed by atoms with Gasteiger partial charge < -0.3 is 0 Å². The van der Waals surface area contributed by atoms with Crippen LogP contribution in [0.3, 0.4) is 0 Å². The first kappa shape index (κ1) is 11.4. The van der Waals surface area contributed by atoms with Crippen LogP contribution in [0, 0.1) is 0 Å². The molecule has 0 aliphatic carbocycles. The van der Waals surface area contributed by atoms with Crippen LogP contribution in [-0.2, 0) is 11.2 Å². The van der Waals surface area contributed by atoms with Crippen molar-refractivity contribution < 1.29 is 4.79 Å². The van der Waals surface area contributed by atoms with Crippen molar-refractivity contribution in [3.63, 3.8) is 0 Å². The van der Waals surface area contributed by atoms with Gasteiger partial charge in [0.2, 0.25) is 0 Å². The standard InChI is InChI=1S/C11H8BrClOSe/c12-11-8(5-6-10(13)14)7-3-1-2-4-9(7)15-11/h1-4H,5-6H2. The van der Waals surface area contributed by atoms with Crippen LogP contribution in [0.25, 0.3) is 9.65 Å². The Morgan fingerprint density at radius 3 is 2.87 bits per heavy atom. The van der Waals surface area contributed by atoms with Crippen molar-refractivity contribution in [3.8, 4) is 0 Å². The van der Waals surface area contributed by atoms with Crippen LogP contribution < -0.4 is 0 Å². The van der Waals surface area contributed by atoms with Crippen LogP contribution in [0.2, 0.25) is 0 Å². The molecule has 0 aliphatic heterocycles. The molecule has 1 aromatic heterocycles. The molecule has 2 aromatic rings. The van der Waals surface area contributed by atoms with Crippen molar-refractivity contribution in [3.05, 3.63) is 33.2 Å². The second-order valence-corrected chi connectivity index (χ2v) is 7.81. The quantitative estimate of drug-likeness (QED) is 0.613. The molecule has 1 aromatic carbocycles. The van der Waals surface area contributed by atoms with E-state index in [1.165, 1.54) is 18.6 Å². The van der Waals surface area contributed by atoms with Crippen molar-refractivity contribution in [2.75, 3.05) is 0 Å². The van der Waals surface area contributed by atoms with E-state index in [0.29, 0.717) is 20.9 Å². The topological polar surface area (TPSA) is 17.1 Å². The molecular weight excluding hydrogens is 342 g/mol. The van der Waals surface area contributed by atoms with Crippen LogP contribution in [0.1, 0.15) is 12.0 Å². The van der Waals surface area contributed by atoms with Crippen LogP contribution in [0.15, 0.2) is 27.6 Å². The molecule has 0 amide bonds. The first-order valence-corrected chi connectivity index (χ1v) is 7.41. The third-order valence-corrected chi connectivity index (χ3v) is 5.83. The van der Waals surface area contributed by atoms with Gasteiger partial charge in [-0.15, -0.1) is 0 Å². The average molecular weight is 351 g/mol. The third kappa shape index (κ3) is 2.54. The number of carbonyl (C=O) groups excluding carboxylic acids is 1. The summed E-state index contributed by atoms with van der Waals surface area (Å²) < 4.78 is 2.63. The summed E-state index contributed by atoms with van der Waals surface area (Å²) in [6.07, 6.45) is 1.15. The Morgan fingerprint density at radius 2 is 2.13 bits per heavy atom. The number of aryl methyl sites for hydroxylation is 1. The fourth-order valence-corrected chi connectivity index (χ4v) is 4.99. The van der Waals surface area contributed by atoms with Gasteiger partial charge in [-0.3, -0.25) is 0 Å². The molecule has 0 radical (unpaired) electrons. The normalized spacial score (nSPS) is 10.8. The predicted molar refractivity (Wildman–Crippen MR) is 67.8 cm³/mol. The molecule has 1 nitrogen and oxygen atoms in total. The van der Waals surface area contributed by atoms with Gasteiger partial charge in [-0.2, -0.15) is 0 Å². The van der Waals surface area contributed by atoms with E-state index in [1.807, 2.05) is 6.07 Å². The first-order valence-electron chi connectivity index (χ1n) is 4.52. The van der Waals surface area contributed by atoms with Gasteiger partial charge in [-0.1, -0.05) is 0 Å². The Hall–Kier alpha value is -0.0805. The summed E-state index contributed by atoms with van der Waals surface area (Å²) in [5.41, 5.74) is 1.25. The maximum absolute atomic E-state index is 10.8. The fourth-order valence-electron chi connectivity index (χ4n) is 1.53. The SMILES string of the molecule is O=C(Cl)CCc1c(Br)[se]c2ccccc12. The number of halogens is 2. The summed E-state index contributed by atoms with van der Waals surface area (Å²) in [5, 5.41) is 1.02. The molecule has 0 atom stereocenters. The summed E-state index contributed by atoms with van der Waals surface area (Å²) in [4.78, 5) is 10.8. The van der Waals surface area contributed by atoms with Crippen molar-refractivity contribution >= 4 is 56.9 Å². The second kappa shape index (κ2) is 4.84. The van der Waals surface area contributed by atoms with Gasteiger partial charge in [-0.25, -0.2) is 0 Å². The van der Waals surface area contributed by atoms with E-state index in [-0.39, 0.29) is 5.24 Å². The van der Waals surface area contributed by atoms with Crippen molar-refractivity contribution in [1.82, 2.24) is 0 Å². The van der Waals surface area contributed by atoms with Gasteiger partial charge >= 0.3 is 108 Å². The van der Waals surface area contributed by atoms with Gasteiger partial charge in [0.05, 0.1) is 0 Å². The van der Waals surface area contributed by atoms with Gasteiger partial charge in [0.1, 0.15) is 0 Å². The molecule has 0 N–H and O–H groups in total. The summed E-state index contributed by atoms with van der Waals surface area (Å²) in [6, 6.07) is 8.34. The zero-order valence-electron chi connectivity index (χ0n) is 7.80. The molecule has 0 fully saturated rings. The second-order valence-electron chi connectivity index (χ2n) is 3.21. The number of hydrogen-bond donors (Lipinski definition) is 0. The Morgan fingerprint density at radius 1 is 1.40 bits per heavy atom. The predicted octanol–water partition coefficient (Wildman–Crippen LogP) is 3.36. The summed E-state index contributed by atoms with van der Waals surface area (Å²) >= 11 is 9.31. The van der Waals surface area contributed by atoms with Gasteiger partial charge in [-0.05, 0) is 0 Å². The van der Waals surface area contributed by atoms with Crippen LogP contribution >= 0.6 is 27.5 Å². The molecule has 2 rings (SSSR count). The summed E-state index contributed by atoms with van der Waals surface area (Å²) in [5.74, 6) is 0. The Balaban J connectivity index is 2.40. The minimum atomic E-state index is -0.264. The number of fused-ring (bicyclic) bond motifs is 1. The zero-order valence-corrected chi connectivity index (χ0v) is 11.9. The molecule has 0 unspecified atom stereocenters. The van der Waals surface area contributed by atoms with Gasteiger partial charge in [0, 0.05) is 0 Å². The Kier molecular flexibility index (Phi) is 3.68. The van der Waals surface area contributed by atoms with E-state index >= 15 is 0 Å². The molecule has 0 bridgehead atoms. The van der Waals surface area contributed by atoms with E-state index in [2.05, 4.69) is 34.1 Å². The fraction of sp³-hybridized carbons (Fsp3) is 0.182. The molecule has 0 aliphatic rings. The Bertz CT molecular complexity index is 506. The van der Waals surface area contributed by atoms with Crippen LogP contribution in [-0.4, -0.2) is 19.7 Å². The maximum atomic E-state index is 10.8. The number of rotatable bonds is 3. The van der Waals surface area contributed by atoms with Crippen molar-refractivity contribution in [1.29, 1.82) is 0 Å². The summed E-state index contributed by atoms with van der Waals surface area (Å²) in [7, 11) is 0. The number of benzene rings is 1. The van der Waals surface area contributed by atoms with Gasteiger partial charge in [0.25, 0.3) is 0 Å². The van der Waals surface area contributed by atoms with Gasteiger partial charge in [0.15, 0.2) is 0 Å². The Labute approximate surface area is 107 Å². The first-order chi connectivity index (χ1) is 7.18. The molecule has 0 saturated heterocycles. The van der Waals surface area contributed by atoms with E-state index in [1.54, 1.807) is 0 Å². The minimum absolute atomic E-state index is 0.264. The van der Waals surface area contributed by atoms with E-state index in [4.69, 9.17) is 11.6 Å². The van der Waals surface area contributed by atoms with Crippen molar-refractivity contribution in [2.45, 2.75) is 12.8 Å². The molecule has 78 valence electrons. The van der Waals surface area contributed by atoms with Crippen LogP contribution in [0.4, 0.5) is 0 Å². The van der Waals surface area contributed by atoms with E-state index in [0.717, 1.165) is 6.42 Å². The molecular formula is C11H8BrClOSe. The van der Waals surface area contributed by atoms with E-state index < -0.39 is 0 Å². The number of hydrogen-bond acceptors (Lipinski definition) is 1. The van der Waals surface area contributed by atoms with Crippen molar-refractivity contribution in [2.24, 2.45) is 0 Å². The monoisotopic (exact) mass is 350 g/mol. The molecule has 4 heteroatoms. The summed E-state index contributed by atoms with van der Waals surface area (Å²) in [6.45, 7) is 0. The third-order valence-electron chi connectivity index (χ3n) is 2.22. The zero-order chi connectivity index (χ0) is 10.8. The van der Waals surface area contributed by atoms with E-state index in [9.17, 15) is 4.79 Å². The molecule has 0 spiro atoms. The number of carbonyl (C=O) groups is 1. The van der Waals surface area contributed by atoms with Crippen LogP contribution in [0.5, 0.6) is 0 Å². The average Bonchev–Trinajstić information content (AvgIpc) is 2.50. The molecule has 0 saturated carbocycles. The molecule has 1 heterocycles. The molecule has 15 heavy (non-hydrogen) atoms.